The van der Waals surface area contributed by atoms with Gasteiger partial charge in [-0.1, -0.05) is 0 Å². The third-order valence-electron chi connectivity index (χ3n) is 6.05. The zero-order valence-electron chi connectivity index (χ0n) is 17.9. The zero-order valence-corrected chi connectivity index (χ0v) is 18.7. The number of aromatic nitrogens is 2. The van der Waals surface area contributed by atoms with Gasteiger partial charge in [0.2, 0.25) is 15.9 Å². The molecule has 0 aliphatic carbocycles. The summed E-state index contributed by atoms with van der Waals surface area (Å²) < 4.78 is 41.4. The number of benzene rings is 1. The van der Waals surface area contributed by atoms with Crippen molar-refractivity contribution in [3.05, 3.63) is 46.7 Å². The molecule has 1 aromatic heterocycles. The third kappa shape index (κ3) is 4.01. The van der Waals surface area contributed by atoms with Gasteiger partial charge in [-0.3, -0.25) is 4.79 Å². The first-order chi connectivity index (χ1) is 14.7. The number of anilines is 1. The number of hydrogen-bond acceptors (Lipinski definition) is 6. The lowest BCUT2D eigenvalue weighted by Crippen LogP contribution is -2.37. The van der Waals surface area contributed by atoms with Crippen LogP contribution in [0.4, 0.5) is 10.2 Å². The maximum atomic E-state index is 13.6. The number of halogens is 1. The van der Waals surface area contributed by atoms with Crippen molar-refractivity contribution in [1.82, 2.24) is 19.2 Å². The predicted octanol–water partition coefficient (Wildman–Crippen LogP) is 2.05. The summed E-state index contributed by atoms with van der Waals surface area (Å²) >= 11 is 0. The summed E-state index contributed by atoms with van der Waals surface area (Å²) in [6.07, 6.45) is 1.26. The number of nitrogens with zero attached hydrogens (tertiary/aromatic N) is 4. The van der Waals surface area contributed by atoms with Crippen molar-refractivity contribution in [3.8, 4) is 0 Å². The second-order valence-corrected chi connectivity index (χ2v) is 9.99. The predicted molar refractivity (Wildman–Crippen MR) is 114 cm³/mol. The molecule has 0 spiro atoms. The van der Waals surface area contributed by atoms with Crippen molar-refractivity contribution in [2.45, 2.75) is 44.0 Å². The van der Waals surface area contributed by atoms with Crippen LogP contribution in [0, 0.1) is 12.7 Å². The molecule has 4 rings (SSSR count). The van der Waals surface area contributed by atoms with Crippen LogP contribution in [0.3, 0.4) is 0 Å². The standard InChI is InChI=1S/C21H26FN5O3S/c1-13-10-16(4-5-18(13)22)31(29,30)27-9-7-17-19(12-27)24-20(25-21(17)23-3)15-6-8-26(11-15)14(2)28/h4-5,10,15H,6-9,11-12H2,1-3H3,(H,23,24,25)/t15-/m1/s1. The molecule has 1 amide bonds. The summed E-state index contributed by atoms with van der Waals surface area (Å²) in [5, 5.41) is 3.11. The maximum absolute atomic E-state index is 13.6. The molecule has 1 fully saturated rings. The molecule has 8 nitrogen and oxygen atoms in total. The monoisotopic (exact) mass is 447 g/mol. The molecular weight excluding hydrogens is 421 g/mol. The van der Waals surface area contributed by atoms with E-state index in [0.717, 1.165) is 12.0 Å². The molecule has 166 valence electrons. The zero-order chi connectivity index (χ0) is 22.3. The van der Waals surface area contributed by atoms with E-state index in [-0.39, 0.29) is 28.8 Å². The first kappa shape index (κ1) is 21.6. The van der Waals surface area contributed by atoms with Crippen molar-refractivity contribution in [1.29, 1.82) is 0 Å². The largest absolute Gasteiger partial charge is 0.373 e. The number of carbonyl (C=O) groups excluding carboxylic acids is 1. The van der Waals surface area contributed by atoms with Gasteiger partial charge in [0.05, 0.1) is 17.1 Å². The van der Waals surface area contributed by atoms with E-state index < -0.39 is 15.8 Å². The van der Waals surface area contributed by atoms with Crippen LogP contribution in [-0.2, 0) is 27.8 Å². The normalized spacial score (nSPS) is 19.4. The van der Waals surface area contributed by atoms with Crippen LogP contribution in [0.5, 0.6) is 0 Å². The van der Waals surface area contributed by atoms with Crippen LogP contribution in [0.25, 0.3) is 0 Å². The lowest BCUT2D eigenvalue weighted by Gasteiger charge is -2.29. The molecule has 0 radical (unpaired) electrons. The van der Waals surface area contributed by atoms with E-state index in [9.17, 15) is 17.6 Å². The smallest absolute Gasteiger partial charge is 0.243 e. The molecule has 31 heavy (non-hydrogen) atoms. The quantitative estimate of drug-likeness (QED) is 0.771. The molecule has 10 heteroatoms. The molecule has 2 aliphatic heterocycles. The van der Waals surface area contributed by atoms with Gasteiger partial charge in [0.1, 0.15) is 17.5 Å². The number of hydrogen-bond donors (Lipinski definition) is 1. The third-order valence-corrected chi connectivity index (χ3v) is 7.89. The average molecular weight is 448 g/mol. The Balaban J connectivity index is 1.65. The van der Waals surface area contributed by atoms with Gasteiger partial charge in [0, 0.05) is 45.1 Å². The van der Waals surface area contributed by atoms with Gasteiger partial charge < -0.3 is 10.2 Å². The van der Waals surface area contributed by atoms with E-state index in [1.165, 1.54) is 22.5 Å². The Hall–Kier alpha value is -2.59. The highest BCUT2D eigenvalue weighted by Gasteiger charge is 2.33. The van der Waals surface area contributed by atoms with Crippen LogP contribution in [0.15, 0.2) is 23.1 Å². The van der Waals surface area contributed by atoms with Gasteiger partial charge in [-0.15, -0.1) is 0 Å². The van der Waals surface area contributed by atoms with Crippen LogP contribution >= 0.6 is 0 Å². The van der Waals surface area contributed by atoms with E-state index in [0.29, 0.717) is 43.4 Å². The Morgan fingerprint density at radius 2 is 2.03 bits per heavy atom. The Kier molecular flexibility index (Phi) is 5.69. The topological polar surface area (TPSA) is 95.5 Å². The van der Waals surface area contributed by atoms with E-state index in [1.807, 2.05) is 0 Å². The minimum Gasteiger partial charge on any atom is -0.373 e. The summed E-state index contributed by atoms with van der Waals surface area (Å²) in [7, 11) is -2.00. The number of rotatable bonds is 4. The summed E-state index contributed by atoms with van der Waals surface area (Å²) in [6.45, 7) is 4.75. The average Bonchev–Trinajstić information content (AvgIpc) is 3.25. The molecule has 3 heterocycles. The molecule has 1 saturated heterocycles. The second-order valence-electron chi connectivity index (χ2n) is 8.06. The minimum absolute atomic E-state index is 0.0213. The molecule has 0 saturated carbocycles. The lowest BCUT2D eigenvalue weighted by atomic mass is 10.0. The Bertz CT molecular complexity index is 1140. The first-order valence-corrected chi connectivity index (χ1v) is 11.7. The fourth-order valence-corrected chi connectivity index (χ4v) is 5.69. The van der Waals surface area contributed by atoms with Crippen molar-refractivity contribution >= 4 is 21.7 Å². The number of aryl methyl sites for hydroxylation is 1. The van der Waals surface area contributed by atoms with Gasteiger partial charge in [-0.25, -0.2) is 22.8 Å². The highest BCUT2D eigenvalue weighted by atomic mass is 32.2. The van der Waals surface area contributed by atoms with Crippen LogP contribution < -0.4 is 5.32 Å². The number of amides is 1. The Morgan fingerprint density at radius 3 is 2.68 bits per heavy atom. The van der Waals surface area contributed by atoms with Crippen LogP contribution in [0.2, 0.25) is 0 Å². The van der Waals surface area contributed by atoms with Gasteiger partial charge in [0.15, 0.2) is 0 Å². The lowest BCUT2D eigenvalue weighted by molar-refractivity contribution is -0.127. The van der Waals surface area contributed by atoms with Gasteiger partial charge in [-0.05, 0) is 43.5 Å². The van der Waals surface area contributed by atoms with Gasteiger partial charge >= 0.3 is 0 Å². The molecule has 2 aromatic rings. The molecule has 0 unspecified atom stereocenters. The fraction of sp³-hybridized carbons (Fsp3) is 0.476. The molecule has 0 bridgehead atoms. The summed E-state index contributed by atoms with van der Waals surface area (Å²) in [5.74, 6) is 0.948. The first-order valence-electron chi connectivity index (χ1n) is 10.3. The number of sulfonamides is 1. The fourth-order valence-electron chi connectivity index (χ4n) is 4.20. The number of fused-ring (bicyclic) bond motifs is 1. The van der Waals surface area contributed by atoms with E-state index >= 15 is 0 Å². The minimum atomic E-state index is -3.78. The molecule has 1 N–H and O–H groups in total. The molecule has 1 atom stereocenters. The van der Waals surface area contributed by atoms with Crippen molar-refractivity contribution in [3.63, 3.8) is 0 Å². The van der Waals surface area contributed by atoms with Gasteiger partial charge in [-0.2, -0.15) is 4.31 Å². The second kappa shape index (κ2) is 8.16. The number of likely N-dealkylation sites (tertiary alicyclic amines) is 1. The number of nitrogens with one attached hydrogen (secondary N) is 1. The molecule has 1 aromatic carbocycles. The van der Waals surface area contributed by atoms with Crippen molar-refractivity contribution in [2.75, 3.05) is 32.0 Å². The highest BCUT2D eigenvalue weighted by molar-refractivity contribution is 7.89. The van der Waals surface area contributed by atoms with Crippen molar-refractivity contribution in [2.24, 2.45) is 0 Å². The van der Waals surface area contributed by atoms with Crippen molar-refractivity contribution < 1.29 is 17.6 Å². The van der Waals surface area contributed by atoms with E-state index in [1.54, 1.807) is 25.8 Å². The summed E-state index contributed by atoms with van der Waals surface area (Å²) in [5.41, 5.74) is 1.87. The molecule has 2 aliphatic rings. The summed E-state index contributed by atoms with van der Waals surface area (Å²) in [4.78, 5) is 22.9. The Morgan fingerprint density at radius 1 is 1.26 bits per heavy atom. The highest BCUT2D eigenvalue weighted by Crippen LogP contribution is 2.31. The SMILES string of the molecule is CNc1nc([C@@H]2CCN(C(C)=O)C2)nc2c1CCN(S(=O)(=O)c1ccc(F)c(C)c1)C2. The van der Waals surface area contributed by atoms with E-state index in [2.05, 4.69) is 10.3 Å². The summed E-state index contributed by atoms with van der Waals surface area (Å²) in [6, 6.07) is 3.84. The van der Waals surface area contributed by atoms with E-state index in [4.69, 9.17) is 4.98 Å². The number of carbonyl (C=O) groups is 1. The maximum Gasteiger partial charge on any atom is 0.243 e. The van der Waals surface area contributed by atoms with Crippen LogP contribution in [0.1, 0.15) is 41.9 Å². The molecular formula is C21H26FN5O3S. The Labute approximate surface area is 181 Å². The van der Waals surface area contributed by atoms with Gasteiger partial charge in [0.25, 0.3) is 0 Å². The van der Waals surface area contributed by atoms with Crippen LogP contribution in [-0.4, -0.2) is 60.2 Å².